The van der Waals surface area contributed by atoms with Gasteiger partial charge in [-0.15, -0.1) is 0 Å². The van der Waals surface area contributed by atoms with Gasteiger partial charge in [-0.2, -0.15) is 4.98 Å². The Morgan fingerprint density at radius 1 is 1.50 bits per heavy atom. The van der Waals surface area contributed by atoms with Crippen LogP contribution in [0.1, 0.15) is 5.69 Å². The first-order chi connectivity index (χ1) is 8.63. The zero-order valence-electron chi connectivity index (χ0n) is 9.48. The van der Waals surface area contributed by atoms with Crippen LogP contribution in [0.3, 0.4) is 0 Å². The highest BCUT2D eigenvalue weighted by Crippen LogP contribution is 2.32. The van der Waals surface area contributed by atoms with Crippen LogP contribution in [-0.2, 0) is 22.0 Å². The number of aliphatic hydroxyl groups excluding tert-OH is 1. The maximum Gasteiger partial charge on any atom is 0.224 e. The number of hydrogen-bond donors (Lipinski definition) is 2. The minimum atomic E-state index is -1.10. The molecule has 0 bridgehead atoms. The summed E-state index contributed by atoms with van der Waals surface area (Å²) < 4.78 is 17.0. The van der Waals surface area contributed by atoms with Crippen LogP contribution in [0.15, 0.2) is 4.90 Å². The molecule has 0 amide bonds. The zero-order valence-corrected chi connectivity index (χ0v) is 11.1. The summed E-state index contributed by atoms with van der Waals surface area (Å²) in [4.78, 5) is 8.80. The summed E-state index contributed by atoms with van der Waals surface area (Å²) >= 11 is 5.85. The van der Waals surface area contributed by atoms with Gasteiger partial charge in [-0.1, -0.05) is 0 Å². The Labute approximate surface area is 111 Å². The molecule has 0 saturated carbocycles. The topological polar surface area (TPSA) is 84.3 Å². The molecule has 1 atom stereocenters. The van der Waals surface area contributed by atoms with Crippen molar-refractivity contribution in [1.82, 2.24) is 9.97 Å². The Morgan fingerprint density at radius 3 is 2.89 bits per heavy atom. The fourth-order valence-corrected chi connectivity index (χ4v) is 3.55. The van der Waals surface area contributed by atoms with E-state index in [0.717, 1.165) is 5.69 Å². The molecule has 0 unspecified atom stereocenters. The largest absolute Gasteiger partial charge is 0.394 e. The quantitative estimate of drug-likeness (QED) is 0.760. The van der Waals surface area contributed by atoms with Gasteiger partial charge in [-0.3, -0.25) is 4.21 Å². The average molecular weight is 290 g/mol. The van der Waals surface area contributed by atoms with E-state index in [-0.39, 0.29) is 11.9 Å². The van der Waals surface area contributed by atoms with Gasteiger partial charge in [0.25, 0.3) is 0 Å². The van der Waals surface area contributed by atoms with E-state index in [1.165, 1.54) is 0 Å². The highest BCUT2D eigenvalue weighted by atomic mass is 35.5. The van der Waals surface area contributed by atoms with Crippen molar-refractivity contribution in [3.63, 3.8) is 0 Å². The lowest BCUT2D eigenvalue weighted by molar-refractivity contribution is -0.0653. The van der Waals surface area contributed by atoms with E-state index in [1.807, 2.05) is 0 Å². The maximum absolute atomic E-state index is 11.9. The van der Waals surface area contributed by atoms with E-state index < -0.39 is 16.3 Å². The molecule has 0 aromatic carbocycles. The first-order valence-electron chi connectivity index (χ1n) is 5.55. The summed E-state index contributed by atoms with van der Waals surface area (Å²) in [5.41, 5.74) is 0.183. The monoisotopic (exact) mass is 289 g/mol. The second-order valence-electron chi connectivity index (χ2n) is 4.47. The molecule has 1 fully saturated rings. The van der Waals surface area contributed by atoms with E-state index in [9.17, 15) is 9.32 Å². The molecule has 1 saturated heterocycles. The number of aromatic nitrogens is 2. The zero-order chi connectivity index (χ0) is 12.8. The predicted molar refractivity (Wildman–Crippen MR) is 66.3 cm³/mol. The molecular formula is C10H12ClN3O3S. The van der Waals surface area contributed by atoms with Crippen LogP contribution >= 0.6 is 11.6 Å². The predicted octanol–water partition coefficient (Wildman–Crippen LogP) is -0.0331. The molecular weight excluding hydrogens is 278 g/mol. The molecule has 6 nitrogen and oxygen atoms in total. The van der Waals surface area contributed by atoms with Crippen molar-refractivity contribution in [2.45, 2.75) is 16.9 Å². The molecule has 2 aliphatic heterocycles. The van der Waals surface area contributed by atoms with Crippen LogP contribution in [0.4, 0.5) is 5.82 Å². The first kappa shape index (κ1) is 12.3. The van der Waals surface area contributed by atoms with Gasteiger partial charge in [0.15, 0.2) is 0 Å². The molecule has 0 spiro atoms. The highest BCUT2D eigenvalue weighted by molar-refractivity contribution is 7.85. The lowest BCUT2D eigenvalue weighted by Crippen LogP contribution is -2.58. The van der Waals surface area contributed by atoms with Crippen molar-refractivity contribution >= 4 is 28.2 Å². The maximum atomic E-state index is 11.9. The highest BCUT2D eigenvalue weighted by Gasteiger charge is 2.40. The van der Waals surface area contributed by atoms with Gasteiger partial charge in [0.2, 0.25) is 5.28 Å². The molecule has 0 aliphatic carbocycles. The fourth-order valence-electron chi connectivity index (χ4n) is 2.05. The summed E-state index contributed by atoms with van der Waals surface area (Å²) in [7, 11) is -1.10. The number of aryl methyl sites for hydroxylation is 1. The van der Waals surface area contributed by atoms with Crippen LogP contribution < -0.4 is 5.32 Å². The number of fused-ring (bicyclic) bond motifs is 1. The fraction of sp³-hybridized carbons (Fsp3) is 0.600. The van der Waals surface area contributed by atoms with Crippen LogP contribution in [-0.4, -0.2) is 50.4 Å². The van der Waals surface area contributed by atoms with Crippen molar-refractivity contribution in [3.05, 3.63) is 11.0 Å². The van der Waals surface area contributed by atoms with Crippen molar-refractivity contribution in [1.29, 1.82) is 0 Å². The van der Waals surface area contributed by atoms with Crippen LogP contribution in [0.2, 0.25) is 5.28 Å². The molecule has 1 aromatic heterocycles. The molecule has 2 N–H and O–H groups in total. The van der Waals surface area contributed by atoms with Crippen LogP contribution in [0.5, 0.6) is 0 Å². The Bertz CT molecular complexity index is 516. The molecule has 98 valence electrons. The number of anilines is 1. The lowest BCUT2D eigenvalue weighted by atomic mass is 9.99. The molecule has 8 heteroatoms. The van der Waals surface area contributed by atoms with Gasteiger partial charge < -0.3 is 15.2 Å². The summed E-state index contributed by atoms with van der Waals surface area (Å²) in [6.07, 6.45) is 0.640. The number of nitrogens with one attached hydrogen (secondary N) is 1. The van der Waals surface area contributed by atoms with Crippen molar-refractivity contribution in [2.24, 2.45) is 0 Å². The van der Waals surface area contributed by atoms with Crippen molar-refractivity contribution < 1.29 is 14.1 Å². The van der Waals surface area contributed by atoms with E-state index in [1.54, 1.807) is 0 Å². The van der Waals surface area contributed by atoms with E-state index in [2.05, 4.69) is 15.3 Å². The van der Waals surface area contributed by atoms with Crippen molar-refractivity contribution in [2.75, 3.05) is 30.9 Å². The van der Waals surface area contributed by atoms with Gasteiger partial charge in [-0.05, 0) is 11.6 Å². The van der Waals surface area contributed by atoms with Gasteiger partial charge >= 0.3 is 0 Å². The Balaban J connectivity index is 1.99. The SMILES string of the molecule is O=[S@]1CCc2nc(Cl)nc(NC3(CO)COC3)c21. The number of aliphatic hydroxyl groups is 1. The standard InChI is InChI=1S/C10H12ClN3O3S/c11-9-12-6-1-2-18(16)7(6)8(13-9)14-10(3-15)4-17-5-10/h15H,1-5H2,(H,12,13,14)/t18-/m0/s1. The molecule has 3 rings (SSSR count). The van der Waals surface area contributed by atoms with Gasteiger partial charge in [0.1, 0.15) is 16.3 Å². The van der Waals surface area contributed by atoms with Gasteiger partial charge in [-0.25, -0.2) is 4.98 Å². The Kier molecular flexibility index (Phi) is 3.01. The number of hydrogen-bond acceptors (Lipinski definition) is 6. The minimum Gasteiger partial charge on any atom is -0.394 e. The van der Waals surface area contributed by atoms with Crippen LogP contribution in [0.25, 0.3) is 0 Å². The van der Waals surface area contributed by atoms with Gasteiger partial charge in [0, 0.05) is 12.2 Å². The van der Waals surface area contributed by atoms with E-state index in [4.69, 9.17) is 16.3 Å². The average Bonchev–Trinajstić information content (AvgIpc) is 2.65. The van der Waals surface area contributed by atoms with E-state index >= 15 is 0 Å². The third-order valence-corrected chi connectivity index (χ3v) is 4.73. The third kappa shape index (κ3) is 1.91. The van der Waals surface area contributed by atoms with Crippen LogP contribution in [0, 0.1) is 0 Å². The molecule has 0 radical (unpaired) electrons. The summed E-state index contributed by atoms with van der Waals surface area (Å²) in [5.74, 6) is 1.000. The molecule has 2 aliphatic rings. The second-order valence-corrected chi connectivity index (χ2v) is 6.32. The summed E-state index contributed by atoms with van der Waals surface area (Å²) in [5, 5.41) is 12.6. The molecule has 3 heterocycles. The third-order valence-electron chi connectivity index (χ3n) is 3.10. The Hall–Kier alpha value is -0.760. The Morgan fingerprint density at radius 2 is 2.28 bits per heavy atom. The smallest absolute Gasteiger partial charge is 0.224 e. The number of halogens is 1. The van der Waals surface area contributed by atoms with E-state index in [0.29, 0.717) is 36.1 Å². The first-order valence-corrected chi connectivity index (χ1v) is 7.25. The van der Waals surface area contributed by atoms with Gasteiger partial charge in [0.05, 0.1) is 36.3 Å². The molecule has 1 aromatic rings. The normalized spacial score (nSPS) is 24.4. The number of ether oxygens (including phenoxy) is 1. The second kappa shape index (κ2) is 4.41. The minimum absolute atomic E-state index is 0.0734. The lowest BCUT2D eigenvalue weighted by Gasteiger charge is -2.41. The molecule has 18 heavy (non-hydrogen) atoms. The number of rotatable bonds is 3. The van der Waals surface area contributed by atoms with Crippen molar-refractivity contribution in [3.8, 4) is 0 Å². The summed E-state index contributed by atoms with van der Waals surface area (Å²) in [6.45, 7) is 0.717. The summed E-state index contributed by atoms with van der Waals surface area (Å²) in [6, 6.07) is 0. The number of nitrogens with zero attached hydrogens (tertiary/aromatic N) is 2.